The van der Waals surface area contributed by atoms with Gasteiger partial charge in [-0.2, -0.15) is 0 Å². The summed E-state index contributed by atoms with van der Waals surface area (Å²) >= 11 is 0. The Morgan fingerprint density at radius 1 is 1.40 bits per heavy atom. The number of carbonyl (C=O) groups excluding carboxylic acids is 1. The highest BCUT2D eigenvalue weighted by Gasteiger charge is 2.21. The second-order valence-electron chi connectivity index (χ2n) is 5.48. The van der Waals surface area contributed by atoms with Crippen LogP contribution in [-0.2, 0) is 9.47 Å². The summed E-state index contributed by atoms with van der Waals surface area (Å²) in [5.41, 5.74) is 3.16. The summed E-state index contributed by atoms with van der Waals surface area (Å²) in [7, 11) is 0. The van der Waals surface area contributed by atoms with Gasteiger partial charge in [0.15, 0.2) is 0 Å². The average molecular weight is 276 g/mol. The van der Waals surface area contributed by atoms with E-state index < -0.39 is 0 Å². The minimum atomic E-state index is -0.236. The molecule has 1 aliphatic heterocycles. The molecule has 0 bridgehead atoms. The van der Waals surface area contributed by atoms with E-state index in [1.165, 1.54) is 11.1 Å². The fraction of sp³-hybridized carbons (Fsp3) is 0.588. The zero-order valence-electron chi connectivity index (χ0n) is 12.6. The van der Waals surface area contributed by atoms with Crippen molar-refractivity contribution in [3.05, 3.63) is 34.9 Å². The molecule has 1 saturated heterocycles. The average Bonchev–Trinajstić information content (AvgIpc) is 2.94. The molecule has 0 saturated carbocycles. The van der Waals surface area contributed by atoms with E-state index in [-0.39, 0.29) is 12.1 Å². The molecule has 1 aromatic rings. The Bertz CT molecular complexity index is 457. The molecule has 110 valence electrons. The maximum Gasteiger partial charge on any atom is 0.338 e. The Labute approximate surface area is 121 Å². The Kier molecular flexibility index (Phi) is 5.18. The summed E-state index contributed by atoms with van der Waals surface area (Å²) in [4.78, 5) is 12.1. The molecule has 20 heavy (non-hydrogen) atoms. The highest BCUT2D eigenvalue weighted by molar-refractivity contribution is 5.89. The van der Waals surface area contributed by atoms with Crippen molar-refractivity contribution in [1.29, 1.82) is 0 Å². The molecule has 2 rings (SSSR count). The third-order valence-corrected chi connectivity index (χ3v) is 4.09. The van der Waals surface area contributed by atoms with Crippen LogP contribution >= 0.6 is 0 Å². The molecule has 0 aromatic heterocycles. The van der Waals surface area contributed by atoms with Gasteiger partial charge in [0.2, 0.25) is 0 Å². The summed E-state index contributed by atoms with van der Waals surface area (Å²) < 4.78 is 10.7. The molecule has 0 spiro atoms. The van der Waals surface area contributed by atoms with Gasteiger partial charge in [-0.05, 0) is 48.9 Å². The summed E-state index contributed by atoms with van der Waals surface area (Å²) in [5.74, 6) is 0.336. The van der Waals surface area contributed by atoms with Gasteiger partial charge in [0.1, 0.15) is 6.10 Å². The molecule has 3 heteroatoms. The molecular weight excluding hydrogens is 252 g/mol. The Balaban J connectivity index is 2.09. The lowest BCUT2D eigenvalue weighted by Gasteiger charge is -2.17. The van der Waals surface area contributed by atoms with Crippen LogP contribution in [-0.4, -0.2) is 25.3 Å². The van der Waals surface area contributed by atoms with Crippen LogP contribution in [0, 0.1) is 6.92 Å². The van der Waals surface area contributed by atoms with Crippen molar-refractivity contribution in [2.75, 3.05) is 13.2 Å². The number of aryl methyl sites for hydroxylation is 1. The minimum Gasteiger partial charge on any atom is -0.456 e. The van der Waals surface area contributed by atoms with Crippen LogP contribution in [0.15, 0.2) is 18.2 Å². The van der Waals surface area contributed by atoms with Crippen molar-refractivity contribution >= 4 is 5.97 Å². The summed E-state index contributed by atoms with van der Waals surface area (Å²) in [6.45, 7) is 7.69. The number of ether oxygens (including phenoxy) is 2. The van der Waals surface area contributed by atoms with Crippen LogP contribution < -0.4 is 0 Å². The van der Waals surface area contributed by atoms with Gasteiger partial charge in [-0.1, -0.05) is 19.9 Å². The fourth-order valence-corrected chi connectivity index (χ4v) is 2.81. The second kappa shape index (κ2) is 6.89. The first kappa shape index (κ1) is 15.0. The third kappa shape index (κ3) is 3.40. The Morgan fingerprint density at radius 2 is 2.15 bits per heavy atom. The van der Waals surface area contributed by atoms with Gasteiger partial charge in [-0.3, -0.25) is 0 Å². The summed E-state index contributed by atoms with van der Waals surface area (Å²) in [6, 6.07) is 5.92. The first-order valence-corrected chi connectivity index (χ1v) is 7.55. The zero-order chi connectivity index (χ0) is 14.5. The van der Waals surface area contributed by atoms with Gasteiger partial charge in [-0.15, -0.1) is 0 Å². The van der Waals surface area contributed by atoms with Crippen LogP contribution in [0.2, 0.25) is 0 Å². The lowest BCUT2D eigenvalue weighted by atomic mass is 9.89. The lowest BCUT2D eigenvalue weighted by molar-refractivity contribution is 0.0270. The quantitative estimate of drug-likeness (QED) is 0.766. The molecule has 1 fully saturated rings. The normalized spacial score (nSPS) is 18.5. The number of rotatable bonds is 5. The molecule has 1 aromatic carbocycles. The largest absolute Gasteiger partial charge is 0.456 e. The van der Waals surface area contributed by atoms with Gasteiger partial charge >= 0.3 is 5.97 Å². The first-order valence-electron chi connectivity index (χ1n) is 7.55. The van der Waals surface area contributed by atoms with E-state index in [2.05, 4.69) is 26.8 Å². The number of benzene rings is 1. The third-order valence-electron chi connectivity index (χ3n) is 4.09. The highest BCUT2D eigenvalue weighted by Crippen LogP contribution is 2.27. The Hall–Kier alpha value is -1.35. The molecule has 1 unspecified atom stereocenters. The molecule has 1 heterocycles. The molecule has 1 aliphatic rings. The highest BCUT2D eigenvalue weighted by atomic mass is 16.6. The van der Waals surface area contributed by atoms with Crippen molar-refractivity contribution in [3.8, 4) is 0 Å². The van der Waals surface area contributed by atoms with Gasteiger partial charge in [0.25, 0.3) is 0 Å². The van der Waals surface area contributed by atoms with Crippen molar-refractivity contribution in [1.82, 2.24) is 0 Å². The zero-order valence-corrected chi connectivity index (χ0v) is 12.6. The van der Waals surface area contributed by atoms with E-state index in [4.69, 9.17) is 9.47 Å². The predicted molar refractivity (Wildman–Crippen MR) is 79.1 cm³/mol. The topological polar surface area (TPSA) is 35.5 Å². The van der Waals surface area contributed by atoms with Crippen molar-refractivity contribution in [3.63, 3.8) is 0 Å². The molecular formula is C17H24O3. The van der Waals surface area contributed by atoms with E-state index in [0.717, 1.165) is 19.3 Å². The minimum absolute atomic E-state index is 0.0819. The number of hydrogen-bond acceptors (Lipinski definition) is 3. The van der Waals surface area contributed by atoms with E-state index >= 15 is 0 Å². The molecule has 0 aliphatic carbocycles. The number of esters is 1. The van der Waals surface area contributed by atoms with E-state index in [9.17, 15) is 4.79 Å². The van der Waals surface area contributed by atoms with Crippen LogP contribution in [0.3, 0.4) is 0 Å². The molecule has 3 nitrogen and oxygen atoms in total. The smallest absolute Gasteiger partial charge is 0.338 e. The molecule has 0 N–H and O–H groups in total. The van der Waals surface area contributed by atoms with Crippen molar-refractivity contribution < 1.29 is 14.3 Å². The van der Waals surface area contributed by atoms with E-state index in [1.807, 2.05) is 12.1 Å². The first-order chi connectivity index (χ1) is 9.65. The second-order valence-corrected chi connectivity index (χ2v) is 5.48. The van der Waals surface area contributed by atoms with Gasteiger partial charge in [0, 0.05) is 6.42 Å². The standard InChI is InChI=1S/C17H24O3/c1-4-13(5-2)16-7-6-14(10-12(16)3)17(18)20-15-8-9-19-11-15/h6-7,10,13,15H,4-5,8-9,11H2,1-3H3. The van der Waals surface area contributed by atoms with Crippen LogP contribution in [0.5, 0.6) is 0 Å². The lowest BCUT2D eigenvalue weighted by Crippen LogP contribution is -2.18. The van der Waals surface area contributed by atoms with Gasteiger partial charge in [-0.25, -0.2) is 4.79 Å². The van der Waals surface area contributed by atoms with E-state index in [0.29, 0.717) is 24.7 Å². The summed E-state index contributed by atoms with van der Waals surface area (Å²) in [6.07, 6.45) is 2.97. The Morgan fingerprint density at radius 3 is 2.70 bits per heavy atom. The summed E-state index contributed by atoms with van der Waals surface area (Å²) in [5, 5.41) is 0. The maximum atomic E-state index is 12.1. The van der Waals surface area contributed by atoms with E-state index in [1.54, 1.807) is 0 Å². The fourth-order valence-electron chi connectivity index (χ4n) is 2.81. The van der Waals surface area contributed by atoms with Crippen LogP contribution in [0.4, 0.5) is 0 Å². The van der Waals surface area contributed by atoms with Crippen LogP contribution in [0.1, 0.15) is 60.5 Å². The monoisotopic (exact) mass is 276 g/mol. The van der Waals surface area contributed by atoms with Gasteiger partial charge < -0.3 is 9.47 Å². The van der Waals surface area contributed by atoms with Crippen LogP contribution in [0.25, 0.3) is 0 Å². The van der Waals surface area contributed by atoms with Crippen molar-refractivity contribution in [2.24, 2.45) is 0 Å². The molecule has 0 amide bonds. The molecule has 0 radical (unpaired) electrons. The molecule has 1 atom stereocenters. The maximum absolute atomic E-state index is 12.1. The number of carbonyl (C=O) groups is 1. The number of hydrogen-bond donors (Lipinski definition) is 0. The SMILES string of the molecule is CCC(CC)c1ccc(C(=O)OC2CCOC2)cc1C. The predicted octanol–water partition coefficient (Wildman–Crippen LogP) is 3.84. The van der Waals surface area contributed by atoms with Gasteiger partial charge in [0.05, 0.1) is 18.8 Å². The van der Waals surface area contributed by atoms with Crippen molar-refractivity contribution in [2.45, 2.75) is 52.1 Å².